The largest absolute Gasteiger partial charge is 0.321 e. The lowest BCUT2D eigenvalue weighted by Crippen LogP contribution is -2.45. The fourth-order valence-electron chi connectivity index (χ4n) is 3.62. The molecule has 0 spiro atoms. The van der Waals surface area contributed by atoms with Crippen LogP contribution < -0.4 is 5.32 Å². The van der Waals surface area contributed by atoms with Crippen LogP contribution in [-0.4, -0.2) is 58.2 Å². The van der Waals surface area contributed by atoms with Crippen LogP contribution in [0.4, 0.5) is 10.1 Å². The molecule has 0 saturated carbocycles. The van der Waals surface area contributed by atoms with Gasteiger partial charge in [0, 0.05) is 44.6 Å². The number of nitrogens with zero attached hydrogens (tertiary/aromatic N) is 4. The molecule has 6 nitrogen and oxygen atoms in total. The van der Waals surface area contributed by atoms with Gasteiger partial charge in [0.15, 0.2) is 5.69 Å². The molecule has 4 rings (SSSR count). The van der Waals surface area contributed by atoms with Gasteiger partial charge in [-0.2, -0.15) is 5.10 Å². The average Bonchev–Trinajstić information content (AvgIpc) is 3.26. The molecule has 2 heterocycles. The van der Waals surface area contributed by atoms with Crippen molar-refractivity contribution in [2.24, 2.45) is 0 Å². The van der Waals surface area contributed by atoms with E-state index in [-0.39, 0.29) is 17.4 Å². The lowest BCUT2D eigenvalue weighted by Gasteiger charge is -2.34. The second-order valence-corrected chi connectivity index (χ2v) is 7.49. The number of piperazine rings is 1. The zero-order valence-corrected chi connectivity index (χ0v) is 17.1. The summed E-state index contributed by atoms with van der Waals surface area (Å²) >= 11 is 0. The minimum atomic E-state index is -0.346. The third-order valence-corrected chi connectivity index (χ3v) is 5.42. The van der Waals surface area contributed by atoms with E-state index < -0.39 is 0 Å². The minimum Gasteiger partial charge on any atom is -0.321 e. The molecule has 30 heavy (non-hydrogen) atoms. The molecule has 1 aliphatic rings. The van der Waals surface area contributed by atoms with Crippen molar-refractivity contribution in [3.05, 3.63) is 77.9 Å². The molecule has 2 aromatic carbocycles. The Kier molecular flexibility index (Phi) is 6.21. The quantitative estimate of drug-likeness (QED) is 0.681. The number of amides is 1. The smallest absolute Gasteiger partial charge is 0.276 e. The lowest BCUT2D eigenvalue weighted by molar-refractivity contribution is 0.102. The van der Waals surface area contributed by atoms with E-state index in [0.717, 1.165) is 45.0 Å². The highest BCUT2D eigenvalue weighted by atomic mass is 19.1. The standard InChI is InChI=1S/C23H26FN5O/c1-2-27-12-14-28(15-13-27)17-18-6-8-20(9-7-18)25-23(30)22-10-11-29(26-22)21-5-3-4-19(24)16-21/h3-11,16H,2,12-15,17H2,1H3,(H,25,30). The molecule has 0 unspecified atom stereocenters. The number of carbonyl (C=O) groups is 1. The third kappa shape index (κ3) is 4.93. The van der Waals surface area contributed by atoms with Crippen LogP contribution in [0.3, 0.4) is 0 Å². The summed E-state index contributed by atoms with van der Waals surface area (Å²) in [5.74, 6) is -0.644. The van der Waals surface area contributed by atoms with Crippen LogP contribution in [0, 0.1) is 5.82 Å². The number of anilines is 1. The Morgan fingerprint density at radius 2 is 1.77 bits per heavy atom. The fourth-order valence-corrected chi connectivity index (χ4v) is 3.62. The molecule has 0 bridgehead atoms. The zero-order valence-electron chi connectivity index (χ0n) is 17.1. The Morgan fingerprint density at radius 3 is 2.47 bits per heavy atom. The summed E-state index contributed by atoms with van der Waals surface area (Å²) in [5.41, 5.74) is 2.79. The monoisotopic (exact) mass is 407 g/mol. The van der Waals surface area contributed by atoms with E-state index in [1.807, 2.05) is 24.3 Å². The molecule has 1 aromatic heterocycles. The molecule has 1 saturated heterocycles. The Morgan fingerprint density at radius 1 is 1.03 bits per heavy atom. The van der Waals surface area contributed by atoms with Crippen LogP contribution in [0.2, 0.25) is 0 Å². The van der Waals surface area contributed by atoms with E-state index in [0.29, 0.717) is 5.69 Å². The molecular weight excluding hydrogens is 381 g/mol. The highest BCUT2D eigenvalue weighted by Gasteiger charge is 2.16. The summed E-state index contributed by atoms with van der Waals surface area (Å²) in [6.45, 7) is 8.64. The van der Waals surface area contributed by atoms with Gasteiger partial charge < -0.3 is 10.2 Å². The molecule has 0 radical (unpaired) electrons. The van der Waals surface area contributed by atoms with Crippen molar-refractivity contribution >= 4 is 11.6 Å². The Balaban J connectivity index is 1.34. The van der Waals surface area contributed by atoms with Crippen LogP contribution in [-0.2, 0) is 6.54 Å². The van der Waals surface area contributed by atoms with Crippen molar-refractivity contribution < 1.29 is 9.18 Å². The van der Waals surface area contributed by atoms with Gasteiger partial charge in [-0.25, -0.2) is 9.07 Å². The highest BCUT2D eigenvalue weighted by Crippen LogP contribution is 2.15. The Hall–Kier alpha value is -3.03. The maximum Gasteiger partial charge on any atom is 0.276 e. The number of aromatic nitrogens is 2. The highest BCUT2D eigenvalue weighted by molar-refractivity contribution is 6.02. The van der Waals surface area contributed by atoms with E-state index in [1.54, 1.807) is 24.4 Å². The van der Waals surface area contributed by atoms with Crippen molar-refractivity contribution in [1.29, 1.82) is 0 Å². The van der Waals surface area contributed by atoms with Gasteiger partial charge in [0.05, 0.1) is 5.69 Å². The van der Waals surface area contributed by atoms with Crippen molar-refractivity contribution in [3.63, 3.8) is 0 Å². The summed E-state index contributed by atoms with van der Waals surface area (Å²) in [6.07, 6.45) is 1.64. The third-order valence-electron chi connectivity index (χ3n) is 5.42. The summed E-state index contributed by atoms with van der Waals surface area (Å²) < 4.78 is 14.9. The van der Waals surface area contributed by atoms with Gasteiger partial charge >= 0.3 is 0 Å². The number of hydrogen-bond donors (Lipinski definition) is 1. The van der Waals surface area contributed by atoms with E-state index in [2.05, 4.69) is 27.1 Å². The van der Waals surface area contributed by atoms with Crippen LogP contribution >= 0.6 is 0 Å². The molecule has 7 heteroatoms. The molecule has 3 aromatic rings. The van der Waals surface area contributed by atoms with Gasteiger partial charge in [0.2, 0.25) is 0 Å². The Bertz CT molecular complexity index is 993. The number of carbonyl (C=O) groups excluding carboxylic acids is 1. The predicted octanol–water partition coefficient (Wildman–Crippen LogP) is 3.40. The normalized spacial score (nSPS) is 15.3. The maximum absolute atomic E-state index is 13.4. The summed E-state index contributed by atoms with van der Waals surface area (Å²) in [4.78, 5) is 17.4. The first-order valence-corrected chi connectivity index (χ1v) is 10.3. The van der Waals surface area contributed by atoms with E-state index in [9.17, 15) is 9.18 Å². The van der Waals surface area contributed by atoms with E-state index in [4.69, 9.17) is 0 Å². The second-order valence-electron chi connectivity index (χ2n) is 7.49. The topological polar surface area (TPSA) is 53.4 Å². The number of rotatable bonds is 6. The molecular formula is C23H26FN5O. The summed E-state index contributed by atoms with van der Waals surface area (Å²) in [6, 6.07) is 15.6. The molecule has 1 aliphatic heterocycles. The predicted molar refractivity (Wildman–Crippen MR) is 115 cm³/mol. The SMILES string of the molecule is CCN1CCN(Cc2ccc(NC(=O)c3ccn(-c4cccc(F)c4)n3)cc2)CC1. The van der Waals surface area contributed by atoms with E-state index >= 15 is 0 Å². The number of nitrogens with one attached hydrogen (secondary N) is 1. The number of likely N-dealkylation sites (N-methyl/N-ethyl adjacent to an activating group) is 1. The summed E-state index contributed by atoms with van der Waals surface area (Å²) in [5, 5.41) is 7.12. The van der Waals surface area contributed by atoms with Gasteiger partial charge in [-0.05, 0) is 48.5 Å². The van der Waals surface area contributed by atoms with Crippen LogP contribution in [0.5, 0.6) is 0 Å². The van der Waals surface area contributed by atoms with Gasteiger partial charge in [0.1, 0.15) is 5.82 Å². The van der Waals surface area contributed by atoms with Crippen LogP contribution in [0.15, 0.2) is 60.8 Å². The van der Waals surface area contributed by atoms with Gasteiger partial charge in [-0.1, -0.05) is 25.1 Å². The van der Waals surface area contributed by atoms with Crippen molar-refractivity contribution in [2.45, 2.75) is 13.5 Å². The molecule has 1 N–H and O–H groups in total. The molecule has 0 aliphatic carbocycles. The van der Waals surface area contributed by atoms with Crippen LogP contribution in [0.25, 0.3) is 5.69 Å². The first-order valence-electron chi connectivity index (χ1n) is 10.3. The lowest BCUT2D eigenvalue weighted by atomic mass is 10.1. The Labute approximate surface area is 175 Å². The minimum absolute atomic E-state index is 0.275. The molecule has 0 atom stereocenters. The zero-order chi connectivity index (χ0) is 20.9. The number of benzene rings is 2. The van der Waals surface area contributed by atoms with Crippen LogP contribution in [0.1, 0.15) is 23.0 Å². The maximum atomic E-state index is 13.4. The first-order chi connectivity index (χ1) is 14.6. The fraction of sp³-hybridized carbons (Fsp3) is 0.304. The first kappa shape index (κ1) is 20.3. The van der Waals surface area contributed by atoms with Gasteiger partial charge in [0.25, 0.3) is 5.91 Å². The van der Waals surface area contributed by atoms with Crippen molar-refractivity contribution in [2.75, 3.05) is 38.0 Å². The molecule has 1 amide bonds. The summed E-state index contributed by atoms with van der Waals surface area (Å²) in [7, 11) is 0. The van der Waals surface area contributed by atoms with Crippen molar-refractivity contribution in [3.8, 4) is 5.69 Å². The van der Waals surface area contributed by atoms with E-state index in [1.165, 1.54) is 22.4 Å². The molecule has 1 fully saturated rings. The number of halogens is 1. The van der Waals surface area contributed by atoms with Gasteiger partial charge in [-0.15, -0.1) is 0 Å². The van der Waals surface area contributed by atoms with Crippen molar-refractivity contribution in [1.82, 2.24) is 19.6 Å². The second kappa shape index (κ2) is 9.19. The van der Waals surface area contributed by atoms with Gasteiger partial charge in [-0.3, -0.25) is 9.69 Å². The average molecular weight is 407 g/mol. The number of hydrogen-bond acceptors (Lipinski definition) is 4. The molecule has 156 valence electrons.